The lowest BCUT2D eigenvalue weighted by Gasteiger charge is -2.38. The number of ether oxygens (including phenoxy) is 3. The van der Waals surface area contributed by atoms with Gasteiger partial charge in [0.25, 0.3) is 11.4 Å². The summed E-state index contributed by atoms with van der Waals surface area (Å²) in [6.07, 6.45) is 1.95. The first kappa shape index (κ1) is 34.4. The van der Waals surface area contributed by atoms with Crippen LogP contribution in [0.4, 0.5) is 21.7 Å². The topological polar surface area (TPSA) is 126 Å². The fraction of sp³-hybridized carbons (Fsp3) is 0.314. The fourth-order valence-electron chi connectivity index (χ4n) is 6.09. The van der Waals surface area contributed by atoms with Gasteiger partial charge in [-0.05, 0) is 41.5 Å². The molecule has 2 fully saturated rings. The standard InChI is InChI=1S/C35H36Cl2FN7O4/c1-18(2)29(41-25-15-40-35(43(3)4)42-32(25)48-6)27-28(39)31-34(49-31)45(30(27)20-9-12-23(37)24(38)13-20)26-14-21(36)17-44(33(26)46)16-19-7-10-22(47-5)11-8-19/h7-15,17-18,30-31,34,39,41H,16H2,1-6H3/p+1/b29-27+,39-28?. The summed E-state index contributed by atoms with van der Waals surface area (Å²) >= 11 is 12.8. The van der Waals surface area contributed by atoms with Crippen molar-refractivity contribution in [3.05, 3.63) is 110 Å². The highest BCUT2D eigenvalue weighted by Gasteiger charge is 2.58. The van der Waals surface area contributed by atoms with Gasteiger partial charge in [0.2, 0.25) is 11.6 Å². The number of hydrogen-bond donors (Lipinski definition) is 2. The van der Waals surface area contributed by atoms with E-state index in [1.807, 2.05) is 57.5 Å². The molecule has 2 aromatic carbocycles. The summed E-state index contributed by atoms with van der Waals surface area (Å²) in [5, 5.41) is 11.5. The number of quaternary nitrogens is 1. The second kappa shape index (κ2) is 13.8. The van der Waals surface area contributed by atoms with Crippen molar-refractivity contribution in [1.29, 1.82) is 5.41 Å². The van der Waals surface area contributed by atoms with E-state index in [1.165, 1.54) is 23.8 Å². The van der Waals surface area contributed by atoms with Gasteiger partial charge >= 0.3 is 0 Å². The molecule has 2 aromatic heterocycles. The molecular weight excluding hydrogens is 672 g/mol. The number of epoxide rings is 1. The van der Waals surface area contributed by atoms with Crippen LogP contribution in [0.25, 0.3) is 0 Å². The molecule has 4 aromatic rings. The lowest BCUT2D eigenvalue weighted by atomic mass is 9.84. The molecule has 0 radical (unpaired) electrons. The molecule has 256 valence electrons. The van der Waals surface area contributed by atoms with Gasteiger partial charge in [0.1, 0.15) is 29.1 Å². The number of nitrogens with one attached hydrogen (secondary N) is 1. The molecule has 11 nitrogen and oxygen atoms in total. The molecule has 0 amide bonds. The minimum atomic E-state index is -0.828. The minimum Gasteiger partial charge on any atom is -0.497 e. The number of anilines is 2. The number of fused-ring (bicyclic) bond motifs is 1. The second-order valence-corrected chi connectivity index (χ2v) is 13.2. The lowest BCUT2D eigenvalue weighted by molar-refractivity contribution is -0.526. The largest absolute Gasteiger partial charge is 0.497 e. The van der Waals surface area contributed by atoms with E-state index in [0.29, 0.717) is 39.4 Å². The molecule has 2 aliphatic rings. The molecule has 2 aliphatic heterocycles. The van der Waals surface area contributed by atoms with Crippen LogP contribution in [0.2, 0.25) is 10.0 Å². The van der Waals surface area contributed by atoms with Gasteiger partial charge < -0.3 is 34.0 Å². The van der Waals surface area contributed by atoms with Crippen molar-refractivity contribution in [2.75, 3.05) is 38.1 Å². The van der Waals surface area contributed by atoms with E-state index in [-0.39, 0.29) is 34.4 Å². The first-order chi connectivity index (χ1) is 23.4. The van der Waals surface area contributed by atoms with Gasteiger partial charge in [-0.3, -0.25) is 10.1 Å². The average Bonchev–Trinajstić information content (AvgIpc) is 3.88. The molecule has 0 bridgehead atoms. The predicted molar refractivity (Wildman–Crippen MR) is 187 cm³/mol. The highest BCUT2D eigenvalue weighted by molar-refractivity contribution is 6.31. The summed E-state index contributed by atoms with van der Waals surface area (Å²) < 4.78 is 33.8. The smallest absolute Gasteiger partial charge is 0.281 e. The van der Waals surface area contributed by atoms with Gasteiger partial charge in [-0.1, -0.05) is 55.2 Å². The van der Waals surface area contributed by atoms with Crippen molar-refractivity contribution in [2.45, 2.75) is 38.8 Å². The van der Waals surface area contributed by atoms with Crippen LogP contribution in [0, 0.1) is 17.1 Å². The Bertz CT molecular complexity index is 2000. The zero-order chi connectivity index (χ0) is 35.1. The molecule has 3 N–H and O–H groups in total. The Hall–Kier alpha value is -4.49. The highest BCUT2D eigenvalue weighted by Crippen LogP contribution is 2.48. The van der Waals surface area contributed by atoms with Crippen molar-refractivity contribution >= 4 is 46.2 Å². The van der Waals surface area contributed by atoms with E-state index in [1.54, 1.807) is 41.4 Å². The van der Waals surface area contributed by atoms with E-state index in [0.717, 1.165) is 11.3 Å². The molecule has 3 atom stereocenters. The summed E-state index contributed by atoms with van der Waals surface area (Å²) in [6.45, 7) is 4.24. The Morgan fingerprint density at radius 2 is 1.86 bits per heavy atom. The Morgan fingerprint density at radius 3 is 2.49 bits per heavy atom. The number of benzene rings is 2. The third kappa shape index (κ3) is 6.73. The molecule has 4 heterocycles. The summed E-state index contributed by atoms with van der Waals surface area (Å²) in [7, 11) is 6.79. The summed E-state index contributed by atoms with van der Waals surface area (Å²) in [5.41, 5.74) is 3.38. The minimum absolute atomic E-state index is 0.0459. The van der Waals surface area contributed by atoms with Crippen molar-refractivity contribution in [3.63, 3.8) is 0 Å². The van der Waals surface area contributed by atoms with Crippen molar-refractivity contribution in [3.8, 4) is 11.6 Å². The van der Waals surface area contributed by atoms with Crippen LogP contribution in [-0.2, 0) is 11.3 Å². The number of nitrogens with two attached hydrogens (primary N) is 1. The van der Waals surface area contributed by atoms with E-state index < -0.39 is 24.2 Å². The monoisotopic (exact) mass is 708 g/mol. The van der Waals surface area contributed by atoms with Gasteiger partial charge in [-0.15, -0.1) is 0 Å². The van der Waals surface area contributed by atoms with Crippen LogP contribution in [0.15, 0.2) is 77.0 Å². The van der Waals surface area contributed by atoms with Gasteiger partial charge in [0.15, 0.2) is 6.23 Å². The van der Waals surface area contributed by atoms with Gasteiger partial charge in [0.05, 0.1) is 54.3 Å². The Balaban J connectivity index is 1.54. The number of aromatic nitrogens is 3. The molecule has 6 rings (SSSR count). The van der Waals surface area contributed by atoms with Crippen LogP contribution in [0.3, 0.4) is 0 Å². The molecular formula is C35H37Cl2FN7O4+. The number of piperidine rings is 1. The highest BCUT2D eigenvalue weighted by atomic mass is 35.5. The van der Waals surface area contributed by atoms with Crippen molar-refractivity contribution in [2.24, 2.45) is 5.92 Å². The van der Waals surface area contributed by atoms with E-state index in [4.69, 9.17) is 37.4 Å². The van der Waals surface area contributed by atoms with E-state index in [2.05, 4.69) is 9.97 Å². The normalized spacial score (nSPS) is 19.5. The number of halogens is 3. The maximum absolute atomic E-state index is 15.2. The van der Waals surface area contributed by atoms with E-state index >= 15 is 4.39 Å². The Labute approximate surface area is 293 Å². The first-order valence-electron chi connectivity index (χ1n) is 15.6. The zero-order valence-electron chi connectivity index (χ0n) is 27.9. The van der Waals surface area contributed by atoms with Crippen LogP contribution in [0.5, 0.6) is 11.6 Å². The second-order valence-electron chi connectivity index (χ2n) is 12.4. The third-order valence-corrected chi connectivity index (χ3v) is 9.07. The quantitative estimate of drug-likeness (QED) is 0.212. The van der Waals surface area contributed by atoms with Crippen LogP contribution < -0.4 is 30.1 Å². The third-order valence-electron chi connectivity index (χ3n) is 8.56. The molecule has 3 unspecified atom stereocenters. The molecule has 0 aliphatic carbocycles. The molecule has 0 spiro atoms. The van der Waals surface area contributed by atoms with E-state index in [9.17, 15) is 10.2 Å². The maximum atomic E-state index is 15.2. The van der Waals surface area contributed by atoms with Gasteiger partial charge in [-0.2, -0.15) is 4.98 Å². The number of hydrogen-bond acceptors (Lipinski definition) is 9. The average molecular weight is 710 g/mol. The predicted octanol–water partition coefficient (Wildman–Crippen LogP) is 5.33. The Morgan fingerprint density at radius 1 is 1.12 bits per heavy atom. The van der Waals surface area contributed by atoms with Crippen LogP contribution in [-0.4, -0.2) is 60.9 Å². The van der Waals surface area contributed by atoms with Crippen LogP contribution >= 0.6 is 23.2 Å². The number of pyridine rings is 1. The molecule has 49 heavy (non-hydrogen) atoms. The van der Waals surface area contributed by atoms with Gasteiger partial charge in [0, 0.05) is 26.2 Å². The molecule has 0 saturated carbocycles. The number of allylic oxidation sites excluding steroid dienone is 1. The zero-order valence-corrected chi connectivity index (χ0v) is 29.4. The van der Waals surface area contributed by atoms with Gasteiger partial charge in [-0.25, -0.2) is 9.37 Å². The summed E-state index contributed by atoms with van der Waals surface area (Å²) in [4.78, 5) is 26.9. The Kier molecular flexibility index (Phi) is 9.67. The number of rotatable bonds is 10. The number of methoxy groups -OCH3 is 2. The number of nitrogens with zero attached hydrogens (tertiary/aromatic N) is 5. The van der Waals surface area contributed by atoms with Crippen molar-refractivity contribution in [1.82, 2.24) is 14.5 Å². The maximum Gasteiger partial charge on any atom is 0.281 e. The SMILES string of the molecule is COc1ccc(Cn2cc(Cl)cc(N3C(c4ccc(Cl)c(F)c4)/C(=C(/[NH2+]c4cnc(N(C)C)nc4OC)C(C)C)C(=N)C4OC43)c2=O)cc1. The summed E-state index contributed by atoms with van der Waals surface area (Å²) in [6, 6.07) is 12.7. The summed E-state index contributed by atoms with van der Waals surface area (Å²) in [5.74, 6) is 0.749. The van der Waals surface area contributed by atoms with Crippen molar-refractivity contribution < 1.29 is 23.9 Å². The lowest BCUT2D eigenvalue weighted by Crippen LogP contribution is -2.78. The molecule has 14 heteroatoms. The van der Waals surface area contributed by atoms with Crippen LogP contribution in [0.1, 0.15) is 31.0 Å². The fourth-order valence-corrected chi connectivity index (χ4v) is 6.43. The first-order valence-corrected chi connectivity index (χ1v) is 16.3. The molecule has 2 saturated heterocycles.